The van der Waals surface area contributed by atoms with Crippen LogP contribution >= 0.6 is 0 Å². The van der Waals surface area contributed by atoms with Gasteiger partial charge in [-0.05, 0) is 44.1 Å². The van der Waals surface area contributed by atoms with E-state index in [0.717, 1.165) is 25.9 Å². The molecule has 0 aliphatic carbocycles. The van der Waals surface area contributed by atoms with E-state index in [-0.39, 0.29) is 16.7 Å². The topological polar surface area (TPSA) is 87.7 Å². The molecule has 3 rings (SSSR count). The highest BCUT2D eigenvalue weighted by Gasteiger charge is 2.27. The highest BCUT2D eigenvalue weighted by atomic mass is 32.2. The van der Waals surface area contributed by atoms with E-state index in [1.165, 1.54) is 10.4 Å². The van der Waals surface area contributed by atoms with Gasteiger partial charge in [0, 0.05) is 24.7 Å². The maximum absolute atomic E-state index is 12.7. The quantitative estimate of drug-likeness (QED) is 0.830. The van der Waals surface area contributed by atoms with Crippen LogP contribution in [-0.4, -0.2) is 58.0 Å². The lowest BCUT2D eigenvalue weighted by Gasteiger charge is -2.26. The number of ether oxygens (including phenoxy) is 1. The first-order valence-electron chi connectivity index (χ1n) is 8.27. The molecule has 1 aromatic rings. The van der Waals surface area contributed by atoms with E-state index in [0.29, 0.717) is 32.0 Å². The molecular formula is C16H23N3O4S. The van der Waals surface area contributed by atoms with Gasteiger partial charge in [-0.2, -0.15) is 4.31 Å². The summed E-state index contributed by atoms with van der Waals surface area (Å²) < 4.78 is 32.0. The number of piperidine rings is 1. The Hall–Kier alpha value is -1.48. The maximum atomic E-state index is 12.7. The summed E-state index contributed by atoms with van der Waals surface area (Å²) in [6, 6.07) is 6.47. The Balaban J connectivity index is 1.72. The van der Waals surface area contributed by atoms with Gasteiger partial charge < -0.3 is 15.4 Å². The molecule has 1 amide bonds. The fourth-order valence-corrected chi connectivity index (χ4v) is 4.45. The Labute approximate surface area is 142 Å². The highest BCUT2D eigenvalue weighted by Crippen LogP contribution is 2.22. The van der Waals surface area contributed by atoms with E-state index in [1.54, 1.807) is 18.2 Å². The van der Waals surface area contributed by atoms with Crippen LogP contribution in [0.4, 0.5) is 5.69 Å². The maximum Gasteiger partial charge on any atom is 0.243 e. The molecular weight excluding hydrogens is 330 g/mol. The number of hydrogen-bond acceptors (Lipinski definition) is 5. The fraction of sp³-hybridized carbons (Fsp3) is 0.562. The van der Waals surface area contributed by atoms with Crippen LogP contribution in [0, 0.1) is 5.92 Å². The second-order valence-corrected chi connectivity index (χ2v) is 8.00. The molecule has 2 saturated heterocycles. The minimum Gasteiger partial charge on any atom is -0.379 e. The van der Waals surface area contributed by atoms with Gasteiger partial charge in [0.15, 0.2) is 0 Å². The van der Waals surface area contributed by atoms with Gasteiger partial charge in [0.1, 0.15) is 0 Å². The van der Waals surface area contributed by atoms with E-state index in [1.807, 2.05) is 0 Å². The van der Waals surface area contributed by atoms with Crippen molar-refractivity contribution in [1.82, 2.24) is 9.62 Å². The Kier molecular flexibility index (Phi) is 5.50. The summed E-state index contributed by atoms with van der Waals surface area (Å²) in [5, 5.41) is 6.08. The molecule has 0 bridgehead atoms. The van der Waals surface area contributed by atoms with Crippen LogP contribution in [0.5, 0.6) is 0 Å². The van der Waals surface area contributed by atoms with Gasteiger partial charge in [0.25, 0.3) is 0 Å². The van der Waals surface area contributed by atoms with E-state index in [9.17, 15) is 13.2 Å². The zero-order valence-corrected chi connectivity index (χ0v) is 14.3. The number of nitrogens with one attached hydrogen (secondary N) is 2. The Morgan fingerprint density at radius 3 is 2.62 bits per heavy atom. The summed E-state index contributed by atoms with van der Waals surface area (Å²) in [5.41, 5.74) is 0.521. The average molecular weight is 353 g/mol. The minimum absolute atomic E-state index is 0.0224. The summed E-state index contributed by atoms with van der Waals surface area (Å²) in [6.45, 7) is 3.20. The lowest BCUT2D eigenvalue weighted by molar-refractivity contribution is -0.120. The highest BCUT2D eigenvalue weighted by molar-refractivity contribution is 7.89. The Morgan fingerprint density at radius 1 is 1.21 bits per heavy atom. The monoisotopic (exact) mass is 353 g/mol. The number of amides is 1. The molecule has 0 aromatic heterocycles. The normalized spacial score (nSPS) is 20.7. The van der Waals surface area contributed by atoms with Crippen LogP contribution in [0.1, 0.15) is 12.8 Å². The molecule has 0 atom stereocenters. The third-order valence-corrected chi connectivity index (χ3v) is 6.31. The number of carbonyl (C=O) groups is 1. The molecule has 7 nitrogen and oxygen atoms in total. The van der Waals surface area contributed by atoms with Crippen LogP contribution in [0.25, 0.3) is 0 Å². The summed E-state index contributed by atoms with van der Waals surface area (Å²) >= 11 is 0. The van der Waals surface area contributed by atoms with Gasteiger partial charge in [-0.3, -0.25) is 4.79 Å². The van der Waals surface area contributed by atoms with Gasteiger partial charge in [-0.15, -0.1) is 0 Å². The third kappa shape index (κ3) is 3.94. The van der Waals surface area contributed by atoms with Crippen LogP contribution in [0.2, 0.25) is 0 Å². The van der Waals surface area contributed by atoms with E-state index >= 15 is 0 Å². The molecule has 0 saturated carbocycles. The van der Waals surface area contributed by atoms with Crippen LogP contribution in [0.15, 0.2) is 29.2 Å². The SMILES string of the molecule is O=C(Nc1cccc(S(=O)(=O)N2CCOCC2)c1)C1CCNCC1. The molecule has 1 aromatic carbocycles. The zero-order chi connectivity index (χ0) is 17.0. The van der Waals surface area contributed by atoms with Crippen molar-refractivity contribution in [1.29, 1.82) is 0 Å². The number of morpholine rings is 1. The summed E-state index contributed by atoms with van der Waals surface area (Å²) in [5.74, 6) is -0.0665. The number of rotatable bonds is 4. The first-order chi connectivity index (χ1) is 11.6. The van der Waals surface area contributed by atoms with Crippen LogP contribution in [-0.2, 0) is 19.6 Å². The number of hydrogen-bond donors (Lipinski definition) is 2. The molecule has 8 heteroatoms. The number of anilines is 1. The van der Waals surface area contributed by atoms with Crippen molar-refractivity contribution >= 4 is 21.6 Å². The van der Waals surface area contributed by atoms with Crippen molar-refractivity contribution < 1.29 is 17.9 Å². The largest absolute Gasteiger partial charge is 0.379 e. The second kappa shape index (κ2) is 7.60. The Morgan fingerprint density at radius 2 is 1.92 bits per heavy atom. The predicted molar refractivity (Wildman–Crippen MR) is 90.2 cm³/mol. The smallest absolute Gasteiger partial charge is 0.243 e. The van der Waals surface area contributed by atoms with Gasteiger partial charge in [0.2, 0.25) is 15.9 Å². The first kappa shape index (κ1) is 17.3. The number of benzene rings is 1. The predicted octanol–water partition coefficient (Wildman–Crippen LogP) is 0.646. The van der Waals surface area contributed by atoms with Crippen LogP contribution < -0.4 is 10.6 Å². The first-order valence-corrected chi connectivity index (χ1v) is 9.71. The molecule has 132 valence electrons. The second-order valence-electron chi connectivity index (χ2n) is 6.06. The van der Waals surface area contributed by atoms with Crippen molar-refractivity contribution in [2.45, 2.75) is 17.7 Å². The van der Waals surface area contributed by atoms with Crippen molar-refractivity contribution in [3.05, 3.63) is 24.3 Å². The Bertz CT molecular complexity index is 680. The van der Waals surface area contributed by atoms with E-state index in [4.69, 9.17) is 4.74 Å². The molecule has 2 heterocycles. The van der Waals surface area contributed by atoms with Crippen molar-refractivity contribution in [3.63, 3.8) is 0 Å². The molecule has 0 radical (unpaired) electrons. The summed E-state index contributed by atoms with van der Waals surface area (Å²) in [4.78, 5) is 12.5. The number of sulfonamides is 1. The van der Waals surface area contributed by atoms with Crippen molar-refractivity contribution in [2.75, 3.05) is 44.7 Å². The number of carbonyl (C=O) groups excluding carboxylic acids is 1. The molecule has 2 fully saturated rings. The van der Waals surface area contributed by atoms with E-state index < -0.39 is 10.0 Å². The molecule has 2 aliphatic rings. The molecule has 2 N–H and O–H groups in total. The summed E-state index contributed by atoms with van der Waals surface area (Å²) in [6.07, 6.45) is 1.61. The van der Waals surface area contributed by atoms with Gasteiger partial charge in [-0.25, -0.2) is 8.42 Å². The van der Waals surface area contributed by atoms with Gasteiger partial charge >= 0.3 is 0 Å². The summed E-state index contributed by atoms with van der Waals surface area (Å²) in [7, 11) is -3.55. The third-order valence-electron chi connectivity index (χ3n) is 4.42. The molecule has 24 heavy (non-hydrogen) atoms. The van der Waals surface area contributed by atoms with Crippen molar-refractivity contribution in [2.24, 2.45) is 5.92 Å². The molecule has 0 spiro atoms. The molecule has 2 aliphatic heterocycles. The van der Waals surface area contributed by atoms with Crippen LogP contribution in [0.3, 0.4) is 0 Å². The lowest BCUT2D eigenvalue weighted by Crippen LogP contribution is -2.40. The van der Waals surface area contributed by atoms with Crippen molar-refractivity contribution in [3.8, 4) is 0 Å². The van der Waals surface area contributed by atoms with Gasteiger partial charge in [0.05, 0.1) is 18.1 Å². The number of nitrogens with zero attached hydrogens (tertiary/aromatic N) is 1. The zero-order valence-electron chi connectivity index (χ0n) is 13.5. The van der Waals surface area contributed by atoms with E-state index in [2.05, 4.69) is 10.6 Å². The average Bonchev–Trinajstić information content (AvgIpc) is 2.63. The molecule has 0 unspecified atom stereocenters. The van der Waals surface area contributed by atoms with Gasteiger partial charge in [-0.1, -0.05) is 6.07 Å². The minimum atomic E-state index is -3.55. The lowest BCUT2D eigenvalue weighted by atomic mass is 9.97. The fourth-order valence-electron chi connectivity index (χ4n) is 3.00. The standard InChI is InChI=1S/C16H23N3O4S/c20-16(13-4-6-17-7-5-13)18-14-2-1-3-15(12-14)24(21,22)19-8-10-23-11-9-19/h1-3,12-13,17H,4-11H2,(H,18,20).